The molecule has 1 amide bonds. The zero-order chi connectivity index (χ0) is 17.4. The van der Waals surface area contributed by atoms with Gasteiger partial charge in [-0.25, -0.2) is 4.98 Å². The lowest BCUT2D eigenvalue weighted by atomic mass is 9.95. The molecule has 1 aliphatic heterocycles. The van der Waals surface area contributed by atoms with E-state index in [1.165, 1.54) is 16.9 Å². The third-order valence-corrected chi connectivity index (χ3v) is 5.86. The number of fused-ring (bicyclic) bond motifs is 1. The topological polar surface area (TPSA) is 65.1 Å². The van der Waals surface area contributed by atoms with Gasteiger partial charge >= 0.3 is 0 Å². The molecule has 1 atom stereocenters. The number of nitrogens with one attached hydrogen (secondary N) is 1. The summed E-state index contributed by atoms with van der Waals surface area (Å²) in [6.07, 6.45) is 4.64. The van der Waals surface area contributed by atoms with Crippen LogP contribution in [-0.2, 0) is 6.54 Å². The van der Waals surface area contributed by atoms with E-state index in [0.29, 0.717) is 5.92 Å². The minimum absolute atomic E-state index is 0.0741. The van der Waals surface area contributed by atoms with Crippen LogP contribution in [0.5, 0.6) is 0 Å². The van der Waals surface area contributed by atoms with Crippen LogP contribution in [0.2, 0.25) is 0 Å². The summed E-state index contributed by atoms with van der Waals surface area (Å²) >= 11 is 1.52. The van der Waals surface area contributed by atoms with E-state index in [0.717, 1.165) is 46.8 Å². The van der Waals surface area contributed by atoms with Crippen LogP contribution in [0.4, 0.5) is 0 Å². The van der Waals surface area contributed by atoms with E-state index >= 15 is 0 Å². The third kappa shape index (κ3) is 3.05. The lowest BCUT2D eigenvalue weighted by Gasteiger charge is -2.17. The van der Waals surface area contributed by atoms with Gasteiger partial charge in [0.2, 0.25) is 0 Å². The van der Waals surface area contributed by atoms with Crippen molar-refractivity contribution in [1.82, 2.24) is 25.0 Å². The first-order valence-corrected chi connectivity index (χ1v) is 9.25. The molecule has 0 aliphatic carbocycles. The number of H-pyrrole nitrogens is 1. The summed E-state index contributed by atoms with van der Waals surface area (Å²) in [7, 11) is 3.62. The van der Waals surface area contributed by atoms with Crippen LogP contribution in [-0.4, -0.2) is 58.1 Å². The summed E-state index contributed by atoms with van der Waals surface area (Å²) in [5.41, 5.74) is 2.31. The maximum atomic E-state index is 12.7. The number of likely N-dealkylation sites (tertiary alicyclic amines) is 1. The van der Waals surface area contributed by atoms with E-state index in [1.807, 2.05) is 26.2 Å². The molecule has 1 aliphatic rings. The van der Waals surface area contributed by atoms with Crippen LogP contribution in [0, 0.1) is 0 Å². The van der Waals surface area contributed by atoms with Gasteiger partial charge in [0.15, 0.2) is 0 Å². The van der Waals surface area contributed by atoms with E-state index in [9.17, 15) is 4.79 Å². The Labute approximate surface area is 150 Å². The minimum atomic E-state index is 0.0741. The molecule has 0 bridgehead atoms. The maximum Gasteiger partial charge on any atom is 0.263 e. The fourth-order valence-electron chi connectivity index (χ4n) is 3.54. The number of hydrogen-bond acceptors (Lipinski definition) is 5. The SMILES string of the molecule is CN(C)C(=O)c1sc2ncccc2c1[C@H]1CCN(Cc2ccn[nH]2)C1. The number of hydrogen-bond donors (Lipinski definition) is 1. The van der Waals surface area contributed by atoms with Crippen molar-refractivity contribution in [2.45, 2.75) is 18.9 Å². The lowest BCUT2D eigenvalue weighted by molar-refractivity contribution is 0.0831. The average Bonchev–Trinajstić information content (AvgIpc) is 3.33. The number of pyridine rings is 1. The van der Waals surface area contributed by atoms with Gasteiger partial charge in [0, 0.05) is 56.6 Å². The lowest BCUT2D eigenvalue weighted by Crippen LogP contribution is -2.23. The van der Waals surface area contributed by atoms with E-state index in [4.69, 9.17) is 0 Å². The second-order valence-electron chi connectivity index (χ2n) is 6.70. The van der Waals surface area contributed by atoms with Gasteiger partial charge in [0.25, 0.3) is 5.91 Å². The van der Waals surface area contributed by atoms with Crippen molar-refractivity contribution >= 4 is 27.5 Å². The van der Waals surface area contributed by atoms with Crippen LogP contribution in [0.3, 0.4) is 0 Å². The Morgan fingerprint density at radius 1 is 1.40 bits per heavy atom. The molecule has 7 heteroatoms. The first-order chi connectivity index (χ1) is 12.1. The Morgan fingerprint density at radius 2 is 2.28 bits per heavy atom. The van der Waals surface area contributed by atoms with Crippen LogP contribution in [0.25, 0.3) is 10.2 Å². The number of aromatic amines is 1. The Morgan fingerprint density at radius 3 is 3.04 bits per heavy atom. The molecule has 1 N–H and O–H groups in total. The first-order valence-electron chi connectivity index (χ1n) is 8.43. The molecule has 3 aromatic heterocycles. The second-order valence-corrected chi connectivity index (χ2v) is 7.70. The van der Waals surface area contributed by atoms with Crippen molar-refractivity contribution in [3.05, 3.63) is 46.7 Å². The Kier molecular flexibility index (Phi) is 4.27. The predicted octanol–water partition coefficient (Wildman–Crippen LogP) is 2.71. The van der Waals surface area contributed by atoms with Crippen molar-refractivity contribution in [2.75, 3.05) is 27.2 Å². The predicted molar refractivity (Wildman–Crippen MR) is 98.9 cm³/mol. The maximum absolute atomic E-state index is 12.7. The van der Waals surface area contributed by atoms with Gasteiger partial charge in [0.1, 0.15) is 4.83 Å². The molecule has 6 nitrogen and oxygen atoms in total. The van der Waals surface area contributed by atoms with Crippen molar-refractivity contribution in [2.24, 2.45) is 0 Å². The largest absolute Gasteiger partial charge is 0.344 e. The van der Waals surface area contributed by atoms with Gasteiger partial charge in [-0.3, -0.25) is 14.8 Å². The molecule has 4 rings (SSSR count). The molecule has 4 heterocycles. The number of carbonyl (C=O) groups is 1. The Balaban J connectivity index is 1.66. The van der Waals surface area contributed by atoms with E-state index < -0.39 is 0 Å². The quantitative estimate of drug-likeness (QED) is 0.781. The van der Waals surface area contributed by atoms with Gasteiger partial charge in [0.05, 0.1) is 4.88 Å². The smallest absolute Gasteiger partial charge is 0.263 e. The summed E-state index contributed by atoms with van der Waals surface area (Å²) < 4.78 is 0. The molecule has 1 saturated heterocycles. The van der Waals surface area contributed by atoms with Crippen molar-refractivity contribution in [3.8, 4) is 0 Å². The fourth-order valence-corrected chi connectivity index (χ4v) is 4.80. The van der Waals surface area contributed by atoms with Crippen LogP contribution in [0.15, 0.2) is 30.6 Å². The summed E-state index contributed by atoms with van der Waals surface area (Å²) in [6.45, 7) is 2.85. The monoisotopic (exact) mass is 355 g/mol. The Hall–Kier alpha value is -2.25. The highest BCUT2D eigenvalue weighted by molar-refractivity contribution is 7.20. The third-order valence-electron chi connectivity index (χ3n) is 4.74. The van der Waals surface area contributed by atoms with E-state index in [1.54, 1.807) is 17.3 Å². The number of thiophene rings is 1. The number of amides is 1. The molecule has 0 radical (unpaired) electrons. The summed E-state index contributed by atoms with van der Waals surface area (Å²) in [5, 5.41) is 8.18. The molecule has 0 saturated carbocycles. The normalized spacial score (nSPS) is 18.1. The van der Waals surface area contributed by atoms with Crippen LogP contribution >= 0.6 is 11.3 Å². The second kappa shape index (κ2) is 6.57. The van der Waals surface area contributed by atoms with Crippen LogP contribution in [0.1, 0.15) is 33.3 Å². The minimum Gasteiger partial charge on any atom is -0.344 e. The zero-order valence-electron chi connectivity index (χ0n) is 14.4. The molecule has 25 heavy (non-hydrogen) atoms. The van der Waals surface area contributed by atoms with Gasteiger partial charge in [-0.1, -0.05) is 6.07 Å². The van der Waals surface area contributed by atoms with Crippen molar-refractivity contribution < 1.29 is 4.79 Å². The molecule has 1 fully saturated rings. The number of aromatic nitrogens is 3. The van der Waals surface area contributed by atoms with Gasteiger partial charge in [-0.15, -0.1) is 11.3 Å². The zero-order valence-corrected chi connectivity index (χ0v) is 15.2. The molecule has 0 aromatic carbocycles. The summed E-state index contributed by atoms with van der Waals surface area (Å²) in [4.78, 5) is 23.1. The number of carbonyl (C=O) groups excluding carboxylic acids is 1. The van der Waals surface area contributed by atoms with Crippen molar-refractivity contribution in [3.63, 3.8) is 0 Å². The van der Waals surface area contributed by atoms with Gasteiger partial charge < -0.3 is 4.90 Å². The molecular weight excluding hydrogens is 334 g/mol. The van der Waals surface area contributed by atoms with Gasteiger partial charge in [-0.2, -0.15) is 5.10 Å². The Bertz CT molecular complexity index is 886. The van der Waals surface area contributed by atoms with Crippen LogP contribution < -0.4 is 0 Å². The molecule has 0 spiro atoms. The number of nitrogens with zero attached hydrogens (tertiary/aromatic N) is 4. The highest BCUT2D eigenvalue weighted by Crippen LogP contribution is 2.39. The van der Waals surface area contributed by atoms with Crippen molar-refractivity contribution in [1.29, 1.82) is 0 Å². The summed E-state index contributed by atoms with van der Waals surface area (Å²) in [6, 6.07) is 6.07. The van der Waals surface area contributed by atoms with E-state index in [2.05, 4.69) is 26.1 Å². The fraction of sp³-hybridized carbons (Fsp3) is 0.389. The summed E-state index contributed by atoms with van der Waals surface area (Å²) in [5.74, 6) is 0.435. The highest BCUT2D eigenvalue weighted by atomic mass is 32.1. The molecule has 3 aromatic rings. The number of rotatable bonds is 4. The highest BCUT2D eigenvalue weighted by Gasteiger charge is 2.31. The molecule has 0 unspecified atom stereocenters. The van der Waals surface area contributed by atoms with Gasteiger partial charge in [-0.05, 0) is 30.7 Å². The standard InChI is InChI=1S/C18H21N5OS/c1-22(2)18(24)16-15(14-4-3-7-19-17(14)25-16)12-6-9-23(10-12)11-13-5-8-20-21-13/h3-5,7-8,12H,6,9-11H2,1-2H3,(H,20,21)/t12-/m0/s1. The van der Waals surface area contributed by atoms with E-state index in [-0.39, 0.29) is 5.91 Å². The first kappa shape index (κ1) is 16.2. The molecule has 130 valence electrons. The average molecular weight is 355 g/mol. The molecular formula is C18H21N5OS.